The first-order valence-electron chi connectivity index (χ1n) is 6.27. The molecule has 0 heterocycles. The van der Waals surface area contributed by atoms with Crippen LogP contribution in [-0.4, -0.2) is 17.8 Å². The number of halogens is 3. The molecule has 0 radical (unpaired) electrons. The molecule has 1 unspecified atom stereocenters. The maximum atomic E-state index is 13.6. The number of benzene rings is 2. The van der Waals surface area contributed by atoms with E-state index >= 15 is 0 Å². The van der Waals surface area contributed by atoms with Gasteiger partial charge in [0.1, 0.15) is 17.4 Å². The van der Waals surface area contributed by atoms with E-state index in [-0.39, 0.29) is 24.5 Å². The summed E-state index contributed by atoms with van der Waals surface area (Å²) in [7, 11) is 0. The maximum absolute atomic E-state index is 13.6. The number of rotatable bonds is 5. The predicted molar refractivity (Wildman–Crippen MR) is 71.6 cm³/mol. The van der Waals surface area contributed by atoms with Crippen LogP contribution in [0.2, 0.25) is 0 Å². The molecule has 0 bridgehead atoms. The Kier molecular flexibility index (Phi) is 4.82. The van der Waals surface area contributed by atoms with Gasteiger partial charge in [0.05, 0.1) is 6.61 Å². The van der Waals surface area contributed by atoms with Gasteiger partial charge in [-0.2, -0.15) is 0 Å². The molecule has 2 aromatic rings. The van der Waals surface area contributed by atoms with Gasteiger partial charge in [-0.25, -0.2) is 13.2 Å². The topological polar surface area (TPSA) is 55.5 Å². The third-order valence-electron chi connectivity index (χ3n) is 2.85. The van der Waals surface area contributed by atoms with Crippen molar-refractivity contribution in [1.82, 2.24) is 0 Å². The van der Waals surface area contributed by atoms with Gasteiger partial charge in [-0.3, -0.25) is 0 Å². The quantitative estimate of drug-likeness (QED) is 0.892. The molecule has 0 aliphatic carbocycles. The molecule has 1 atom stereocenters. The van der Waals surface area contributed by atoms with Crippen LogP contribution in [0.3, 0.4) is 0 Å². The molecule has 0 spiro atoms. The maximum Gasteiger partial charge on any atom is 0.168 e. The first-order valence-corrected chi connectivity index (χ1v) is 6.27. The summed E-state index contributed by atoms with van der Waals surface area (Å²) in [5.74, 6) is -2.06. The molecule has 0 amide bonds. The zero-order valence-corrected chi connectivity index (χ0v) is 11.0. The second-order valence-corrected chi connectivity index (χ2v) is 4.58. The molecule has 112 valence electrons. The third-order valence-corrected chi connectivity index (χ3v) is 2.85. The average molecular weight is 297 g/mol. The van der Waals surface area contributed by atoms with Crippen molar-refractivity contribution < 1.29 is 23.0 Å². The molecular weight excluding hydrogens is 283 g/mol. The van der Waals surface area contributed by atoms with Crippen molar-refractivity contribution >= 4 is 0 Å². The fourth-order valence-electron chi connectivity index (χ4n) is 1.83. The zero-order valence-electron chi connectivity index (χ0n) is 11.0. The van der Waals surface area contributed by atoms with Gasteiger partial charge in [-0.15, -0.1) is 0 Å². The van der Waals surface area contributed by atoms with Crippen LogP contribution in [0.25, 0.3) is 0 Å². The van der Waals surface area contributed by atoms with Crippen molar-refractivity contribution in [2.45, 2.75) is 12.5 Å². The lowest BCUT2D eigenvalue weighted by Crippen LogP contribution is -2.27. The van der Waals surface area contributed by atoms with E-state index in [1.54, 1.807) is 0 Å². The molecule has 0 aliphatic rings. The highest BCUT2D eigenvalue weighted by Crippen LogP contribution is 2.29. The molecule has 2 aromatic carbocycles. The molecule has 0 saturated carbocycles. The number of nitrogens with two attached hydrogens (primary N) is 1. The molecule has 0 saturated heterocycles. The van der Waals surface area contributed by atoms with Crippen molar-refractivity contribution in [3.8, 4) is 11.5 Å². The van der Waals surface area contributed by atoms with E-state index in [1.807, 2.05) is 0 Å². The summed E-state index contributed by atoms with van der Waals surface area (Å²) in [6.07, 6.45) is 0.159. The van der Waals surface area contributed by atoms with Crippen LogP contribution < -0.4 is 10.5 Å². The van der Waals surface area contributed by atoms with Crippen LogP contribution in [0.5, 0.6) is 11.5 Å². The van der Waals surface area contributed by atoms with Gasteiger partial charge < -0.3 is 15.6 Å². The van der Waals surface area contributed by atoms with Gasteiger partial charge >= 0.3 is 0 Å². The van der Waals surface area contributed by atoms with E-state index in [4.69, 9.17) is 15.6 Å². The first-order chi connectivity index (χ1) is 9.99. The molecular formula is C15H14F3NO2. The summed E-state index contributed by atoms with van der Waals surface area (Å²) >= 11 is 0. The highest BCUT2D eigenvalue weighted by Gasteiger charge is 2.13. The van der Waals surface area contributed by atoms with Gasteiger partial charge in [0.15, 0.2) is 11.6 Å². The minimum atomic E-state index is -0.864. The van der Waals surface area contributed by atoms with Crippen molar-refractivity contribution in [1.29, 1.82) is 0 Å². The van der Waals surface area contributed by atoms with Crippen LogP contribution in [0, 0.1) is 17.5 Å². The lowest BCUT2D eigenvalue weighted by molar-refractivity contribution is 0.264. The van der Waals surface area contributed by atoms with Crippen molar-refractivity contribution in [2.24, 2.45) is 5.73 Å². The Morgan fingerprint density at radius 1 is 1.00 bits per heavy atom. The molecule has 3 nitrogen and oxygen atoms in total. The fraction of sp³-hybridized carbons (Fsp3) is 0.200. The van der Waals surface area contributed by atoms with Gasteiger partial charge in [0, 0.05) is 12.1 Å². The van der Waals surface area contributed by atoms with Gasteiger partial charge in [0.2, 0.25) is 0 Å². The van der Waals surface area contributed by atoms with Crippen LogP contribution in [0.1, 0.15) is 5.56 Å². The van der Waals surface area contributed by atoms with Crippen molar-refractivity contribution in [2.75, 3.05) is 6.61 Å². The summed E-state index contributed by atoms with van der Waals surface area (Å²) in [5.41, 5.74) is 6.00. The summed E-state index contributed by atoms with van der Waals surface area (Å²) in [4.78, 5) is 0. The zero-order chi connectivity index (χ0) is 15.4. The minimum absolute atomic E-state index is 0.159. The van der Waals surface area contributed by atoms with Crippen LogP contribution in [0.15, 0.2) is 36.4 Å². The van der Waals surface area contributed by atoms with E-state index in [0.29, 0.717) is 11.6 Å². The monoisotopic (exact) mass is 297 g/mol. The molecule has 0 aromatic heterocycles. The summed E-state index contributed by atoms with van der Waals surface area (Å²) in [6, 6.07) is 5.99. The SMILES string of the molecule is NC(CO)Cc1cc(F)ccc1Oc1ccc(F)cc1F. The second-order valence-electron chi connectivity index (χ2n) is 4.58. The van der Waals surface area contributed by atoms with Crippen molar-refractivity contribution in [3.63, 3.8) is 0 Å². The molecule has 21 heavy (non-hydrogen) atoms. The Bertz CT molecular complexity index is 634. The van der Waals surface area contributed by atoms with Crippen LogP contribution in [0.4, 0.5) is 13.2 Å². The highest BCUT2D eigenvalue weighted by molar-refractivity contribution is 5.39. The first kappa shape index (κ1) is 15.3. The average Bonchev–Trinajstić information content (AvgIpc) is 2.44. The smallest absolute Gasteiger partial charge is 0.168 e. The predicted octanol–water partition coefficient (Wildman–Crippen LogP) is 2.76. The Hall–Kier alpha value is -2.05. The lowest BCUT2D eigenvalue weighted by Gasteiger charge is -2.14. The number of aliphatic hydroxyl groups excluding tert-OH is 1. The molecule has 3 N–H and O–H groups in total. The number of hydrogen-bond acceptors (Lipinski definition) is 3. The normalized spacial score (nSPS) is 12.2. The van der Waals surface area contributed by atoms with E-state index in [2.05, 4.69) is 0 Å². The van der Waals surface area contributed by atoms with Crippen LogP contribution in [-0.2, 0) is 6.42 Å². The largest absolute Gasteiger partial charge is 0.454 e. The minimum Gasteiger partial charge on any atom is -0.454 e. The van der Waals surface area contributed by atoms with E-state index in [0.717, 1.165) is 18.2 Å². The van der Waals surface area contributed by atoms with E-state index in [1.165, 1.54) is 12.1 Å². The second kappa shape index (κ2) is 6.60. The molecule has 2 rings (SSSR count). The van der Waals surface area contributed by atoms with E-state index < -0.39 is 23.5 Å². The lowest BCUT2D eigenvalue weighted by atomic mass is 10.1. The Morgan fingerprint density at radius 2 is 1.62 bits per heavy atom. The molecule has 0 fully saturated rings. The summed E-state index contributed by atoms with van der Waals surface area (Å²) in [5, 5.41) is 8.96. The highest BCUT2D eigenvalue weighted by atomic mass is 19.1. The Labute approximate surface area is 119 Å². The van der Waals surface area contributed by atoms with Gasteiger partial charge in [-0.05, 0) is 42.3 Å². The standard InChI is InChI=1S/C15H14F3NO2/c16-10-1-3-14(9(5-10)6-12(19)8-20)21-15-4-2-11(17)7-13(15)18/h1-5,7,12,20H,6,8,19H2. The van der Waals surface area contributed by atoms with E-state index in [9.17, 15) is 13.2 Å². The number of aliphatic hydroxyl groups is 1. The molecule has 6 heteroatoms. The summed E-state index contributed by atoms with van der Waals surface area (Å²) in [6.45, 7) is -0.277. The Balaban J connectivity index is 2.30. The number of hydrogen-bond donors (Lipinski definition) is 2. The van der Waals surface area contributed by atoms with Gasteiger partial charge in [-0.1, -0.05) is 0 Å². The van der Waals surface area contributed by atoms with Crippen molar-refractivity contribution in [3.05, 3.63) is 59.4 Å². The third kappa shape index (κ3) is 3.96. The van der Waals surface area contributed by atoms with Crippen LogP contribution >= 0.6 is 0 Å². The fourth-order valence-corrected chi connectivity index (χ4v) is 1.83. The number of ether oxygens (including phenoxy) is 1. The Morgan fingerprint density at radius 3 is 2.24 bits per heavy atom. The molecule has 0 aliphatic heterocycles. The van der Waals surface area contributed by atoms with Gasteiger partial charge in [0.25, 0.3) is 0 Å². The summed E-state index contributed by atoms with van der Waals surface area (Å²) < 4.78 is 45.1.